The molecule has 1 saturated heterocycles. The number of hydrogen-bond acceptors (Lipinski definition) is 6. The van der Waals surface area contributed by atoms with Crippen LogP contribution in [0, 0.1) is 0 Å². The zero-order valence-corrected chi connectivity index (χ0v) is 16.9. The average Bonchev–Trinajstić information content (AvgIpc) is 3.34. The van der Waals surface area contributed by atoms with Gasteiger partial charge in [0.25, 0.3) is 0 Å². The number of alkyl carbamates (subject to hydrolysis) is 1. The van der Waals surface area contributed by atoms with E-state index in [2.05, 4.69) is 10.3 Å². The van der Waals surface area contributed by atoms with Gasteiger partial charge in [0.05, 0.1) is 7.11 Å². The van der Waals surface area contributed by atoms with Crippen LogP contribution in [0.15, 0.2) is 60.8 Å². The van der Waals surface area contributed by atoms with E-state index in [0.29, 0.717) is 0 Å². The molecule has 1 fully saturated rings. The minimum atomic E-state index is -1.53. The summed E-state index contributed by atoms with van der Waals surface area (Å²) in [6.45, 7) is 0.0614. The summed E-state index contributed by atoms with van der Waals surface area (Å²) in [6.07, 6.45) is 1.07. The Morgan fingerprint density at radius 1 is 1.16 bits per heavy atom. The van der Waals surface area contributed by atoms with Gasteiger partial charge in [-0.3, -0.25) is 0 Å². The monoisotopic (exact) mass is 422 g/mol. The Balaban J connectivity index is 1.47. The lowest BCUT2D eigenvalue weighted by Gasteiger charge is -2.24. The van der Waals surface area contributed by atoms with Gasteiger partial charge in [0, 0.05) is 29.9 Å². The first-order valence-corrected chi connectivity index (χ1v) is 9.84. The van der Waals surface area contributed by atoms with Gasteiger partial charge in [0.2, 0.25) is 5.60 Å². The highest BCUT2D eigenvalue weighted by atomic mass is 16.6. The molecule has 2 atom stereocenters. The minimum Gasteiger partial charge on any atom is -0.466 e. The van der Waals surface area contributed by atoms with Crippen LogP contribution in [0.25, 0.3) is 10.9 Å². The van der Waals surface area contributed by atoms with E-state index in [-0.39, 0.29) is 19.4 Å². The van der Waals surface area contributed by atoms with E-state index in [1.807, 2.05) is 54.6 Å². The number of cyclic esters (lactones) is 1. The Kier molecular flexibility index (Phi) is 5.62. The largest absolute Gasteiger partial charge is 0.466 e. The van der Waals surface area contributed by atoms with Crippen molar-refractivity contribution in [1.82, 2.24) is 10.3 Å². The Morgan fingerprint density at radius 2 is 1.90 bits per heavy atom. The van der Waals surface area contributed by atoms with Crippen molar-refractivity contribution in [1.29, 1.82) is 0 Å². The summed E-state index contributed by atoms with van der Waals surface area (Å²) in [5.74, 6) is -1.38. The Hall–Kier alpha value is -3.81. The van der Waals surface area contributed by atoms with Crippen molar-refractivity contribution in [2.45, 2.75) is 31.1 Å². The summed E-state index contributed by atoms with van der Waals surface area (Å²) in [4.78, 5) is 40.5. The second-order valence-electron chi connectivity index (χ2n) is 7.41. The van der Waals surface area contributed by atoms with Gasteiger partial charge in [0.15, 0.2) is 0 Å². The molecule has 31 heavy (non-hydrogen) atoms. The predicted octanol–water partition coefficient (Wildman–Crippen LogP) is 2.86. The second-order valence-corrected chi connectivity index (χ2v) is 7.41. The van der Waals surface area contributed by atoms with Crippen molar-refractivity contribution in [2.24, 2.45) is 0 Å². The number of nitrogens with one attached hydrogen (secondary N) is 2. The van der Waals surface area contributed by atoms with Crippen molar-refractivity contribution in [2.75, 3.05) is 7.11 Å². The first-order valence-electron chi connectivity index (χ1n) is 9.84. The molecule has 2 aromatic carbocycles. The third-order valence-electron chi connectivity index (χ3n) is 5.33. The summed E-state index contributed by atoms with van der Waals surface area (Å²) in [7, 11) is 1.24. The standard InChI is InChI=1S/C23H22N2O6/c1-29-21(27)23(11-16-13-24-18-10-6-5-9-17(16)18)12-19(20(26)31-23)25-22(28)30-14-15-7-3-2-4-8-15/h2-10,13,19,24H,11-12,14H2,1H3,(H,25,28). The molecule has 4 rings (SSSR count). The predicted molar refractivity (Wildman–Crippen MR) is 111 cm³/mol. The molecule has 2 N–H and O–H groups in total. The summed E-state index contributed by atoms with van der Waals surface area (Å²) in [5, 5.41) is 3.42. The number of ether oxygens (including phenoxy) is 3. The number of methoxy groups -OCH3 is 1. The number of amides is 1. The number of carbonyl (C=O) groups excluding carboxylic acids is 3. The zero-order valence-electron chi connectivity index (χ0n) is 16.9. The highest BCUT2D eigenvalue weighted by Gasteiger charge is 2.54. The van der Waals surface area contributed by atoms with Crippen LogP contribution < -0.4 is 5.32 Å². The molecule has 2 heterocycles. The number of aromatic amines is 1. The molecule has 8 heteroatoms. The Bertz CT molecular complexity index is 1110. The SMILES string of the molecule is COC(=O)C1(Cc2c[nH]c3ccccc23)CC(NC(=O)OCc2ccccc2)C(=O)O1. The maximum Gasteiger partial charge on any atom is 0.408 e. The van der Waals surface area contributed by atoms with Crippen LogP contribution in [-0.4, -0.2) is 41.8 Å². The highest BCUT2D eigenvalue weighted by Crippen LogP contribution is 2.34. The van der Waals surface area contributed by atoms with Crippen LogP contribution in [0.3, 0.4) is 0 Å². The highest BCUT2D eigenvalue weighted by molar-refractivity contribution is 5.92. The molecule has 1 aliphatic rings. The lowest BCUT2D eigenvalue weighted by molar-refractivity contribution is -0.172. The van der Waals surface area contributed by atoms with Gasteiger partial charge in [-0.2, -0.15) is 0 Å². The van der Waals surface area contributed by atoms with E-state index in [1.165, 1.54) is 7.11 Å². The molecule has 3 aromatic rings. The Labute approximate surface area is 178 Å². The molecular weight excluding hydrogens is 400 g/mol. The first-order chi connectivity index (χ1) is 15.0. The number of benzene rings is 2. The third-order valence-corrected chi connectivity index (χ3v) is 5.33. The molecule has 1 aromatic heterocycles. The van der Waals surface area contributed by atoms with E-state index in [1.54, 1.807) is 6.20 Å². The molecule has 0 spiro atoms. The molecule has 0 saturated carbocycles. The molecule has 2 unspecified atom stereocenters. The minimum absolute atomic E-state index is 0.0571. The number of rotatable bonds is 6. The number of esters is 2. The molecule has 1 aliphatic heterocycles. The van der Waals surface area contributed by atoms with Crippen LogP contribution >= 0.6 is 0 Å². The molecule has 1 amide bonds. The number of carbonyl (C=O) groups is 3. The van der Waals surface area contributed by atoms with Gasteiger partial charge in [-0.25, -0.2) is 14.4 Å². The van der Waals surface area contributed by atoms with E-state index < -0.39 is 29.7 Å². The van der Waals surface area contributed by atoms with Crippen LogP contribution in [0.1, 0.15) is 17.5 Å². The lowest BCUT2D eigenvalue weighted by Crippen LogP contribution is -2.43. The van der Waals surface area contributed by atoms with Crippen molar-refractivity contribution in [3.05, 3.63) is 71.9 Å². The van der Waals surface area contributed by atoms with E-state index in [0.717, 1.165) is 22.0 Å². The summed E-state index contributed by atoms with van der Waals surface area (Å²) >= 11 is 0. The van der Waals surface area contributed by atoms with Crippen molar-refractivity contribution in [3.63, 3.8) is 0 Å². The van der Waals surface area contributed by atoms with Crippen LogP contribution in [0.5, 0.6) is 0 Å². The van der Waals surface area contributed by atoms with Crippen LogP contribution in [0.4, 0.5) is 4.79 Å². The fraction of sp³-hybridized carbons (Fsp3) is 0.261. The van der Waals surface area contributed by atoms with E-state index in [4.69, 9.17) is 14.2 Å². The normalized spacial score (nSPS) is 20.3. The quantitative estimate of drug-likeness (QED) is 0.467. The summed E-state index contributed by atoms with van der Waals surface area (Å²) in [5.41, 5.74) is 0.991. The lowest BCUT2D eigenvalue weighted by atomic mass is 9.90. The summed E-state index contributed by atoms with van der Waals surface area (Å²) < 4.78 is 15.6. The van der Waals surface area contributed by atoms with Crippen molar-refractivity contribution < 1.29 is 28.6 Å². The van der Waals surface area contributed by atoms with Gasteiger partial charge in [0.1, 0.15) is 12.6 Å². The van der Waals surface area contributed by atoms with E-state index >= 15 is 0 Å². The maximum atomic E-state index is 12.6. The van der Waals surface area contributed by atoms with Crippen LogP contribution in [-0.2, 0) is 36.8 Å². The molecule has 160 valence electrons. The Morgan fingerprint density at radius 3 is 2.68 bits per heavy atom. The number of para-hydroxylation sites is 1. The number of fused-ring (bicyclic) bond motifs is 1. The van der Waals surface area contributed by atoms with Gasteiger partial charge < -0.3 is 24.5 Å². The number of H-pyrrole nitrogens is 1. The van der Waals surface area contributed by atoms with Crippen molar-refractivity contribution >= 4 is 28.9 Å². The van der Waals surface area contributed by atoms with Crippen LogP contribution in [0.2, 0.25) is 0 Å². The molecule has 0 bridgehead atoms. The molecular formula is C23H22N2O6. The van der Waals surface area contributed by atoms with Gasteiger partial charge >= 0.3 is 18.0 Å². The maximum absolute atomic E-state index is 12.6. The molecule has 0 aliphatic carbocycles. The van der Waals surface area contributed by atoms with Crippen molar-refractivity contribution in [3.8, 4) is 0 Å². The number of hydrogen-bond donors (Lipinski definition) is 2. The number of aromatic nitrogens is 1. The molecule has 0 radical (unpaired) electrons. The van der Waals surface area contributed by atoms with E-state index in [9.17, 15) is 14.4 Å². The van der Waals surface area contributed by atoms with Gasteiger partial charge in [-0.05, 0) is 17.2 Å². The second kappa shape index (κ2) is 8.51. The zero-order chi connectivity index (χ0) is 21.8. The van der Waals surface area contributed by atoms with Gasteiger partial charge in [-0.15, -0.1) is 0 Å². The smallest absolute Gasteiger partial charge is 0.408 e. The molecule has 8 nitrogen and oxygen atoms in total. The topological polar surface area (TPSA) is 107 Å². The average molecular weight is 422 g/mol. The fourth-order valence-corrected chi connectivity index (χ4v) is 3.81. The first kappa shape index (κ1) is 20.5. The fourth-order valence-electron chi connectivity index (χ4n) is 3.81. The third kappa shape index (κ3) is 4.23. The summed E-state index contributed by atoms with van der Waals surface area (Å²) in [6, 6.07) is 15.8. The van der Waals surface area contributed by atoms with Gasteiger partial charge in [-0.1, -0.05) is 48.5 Å².